The van der Waals surface area contributed by atoms with Crippen LogP contribution in [0.15, 0.2) is 34.0 Å². The molecule has 3 heterocycles. The van der Waals surface area contributed by atoms with Gasteiger partial charge in [0.15, 0.2) is 11.5 Å². The molecule has 0 saturated carbocycles. The van der Waals surface area contributed by atoms with Crippen molar-refractivity contribution in [3.05, 3.63) is 40.3 Å². The van der Waals surface area contributed by atoms with E-state index in [0.717, 1.165) is 11.1 Å². The topological polar surface area (TPSA) is 72.6 Å². The van der Waals surface area contributed by atoms with Gasteiger partial charge in [0.2, 0.25) is 11.6 Å². The first-order valence-electron chi connectivity index (χ1n) is 7.37. The van der Waals surface area contributed by atoms with Gasteiger partial charge in [-0.2, -0.15) is 23.3 Å². The molecule has 2 aromatic heterocycles. The number of aromatic nitrogens is 3. The van der Waals surface area contributed by atoms with Crippen molar-refractivity contribution in [1.82, 2.24) is 19.8 Å². The lowest BCUT2D eigenvalue weighted by Gasteiger charge is -2.25. The van der Waals surface area contributed by atoms with Gasteiger partial charge in [0.25, 0.3) is 5.90 Å². The van der Waals surface area contributed by atoms with Crippen LogP contribution in [-0.2, 0) is 15.7 Å². The first-order valence-corrected chi connectivity index (χ1v) is 8.16. The zero-order chi connectivity index (χ0) is 19.3. The highest BCUT2D eigenvalue weighted by molar-refractivity contribution is 9.10. The van der Waals surface area contributed by atoms with Crippen LogP contribution >= 0.6 is 15.9 Å². The summed E-state index contributed by atoms with van der Waals surface area (Å²) in [5.41, 5.74) is -2.31. The first-order chi connectivity index (χ1) is 12.0. The lowest BCUT2D eigenvalue weighted by Crippen LogP contribution is -2.41. The third-order valence-corrected chi connectivity index (χ3v) is 3.96. The third kappa shape index (κ3) is 3.30. The molecular weight excluding hydrogens is 419 g/mol. The standard InChI is InChI=1S/C15H13BrF3N5O2/c1-8(25)24-14(2,3)26-13(22-24)10-6-11(15(17,18)19)23(21-10)12-5-4-9(16)7-20-12/h4-7H,1-3H3. The third-order valence-electron chi connectivity index (χ3n) is 3.49. The molecule has 1 aliphatic rings. The van der Waals surface area contributed by atoms with E-state index in [4.69, 9.17) is 4.74 Å². The predicted octanol–water partition coefficient (Wildman–Crippen LogP) is 3.33. The Hall–Kier alpha value is -2.43. The van der Waals surface area contributed by atoms with Gasteiger partial charge >= 0.3 is 6.18 Å². The molecule has 0 aromatic carbocycles. The zero-order valence-corrected chi connectivity index (χ0v) is 15.5. The van der Waals surface area contributed by atoms with E-state index < -0.39 is 23.5 Å². The van der Waals surface area contributed by atoms with Crippen molar-refractivity contribution in [3.63, 3.8) is 0 Å². The molecule has 11 heteroatoms. The van der Waals surface area contributed by atoms with Crippen molar-refractivity contribution >= 4 is 27.7 Å². The van der Waals surface area contributed by atoms with Crippen LogP contribution in [0.3, 0.4) is 0 Å². The van der Waals surface area contributed by atoms with Crippen LogP contribution in [-0.4, -0.2) is 37.3 Å². The summed E-state index contributed by atoms with van der Waals surface area (Å²) in [6, 6.07) is 3.75. The number of amides is 1. The molecule has 7 nitrogen and oxygen atoms in total. The Morgan fingerprint density at radius 3 is 2.50 bits per heavy atom. The number of ether oxygens (including phenoxy) is 1. The van der Waals surface area contributed by atoms with Crippen LogP contribution in [0.2, 0.25) is 0 Å². The number of hydrazone groups is 1. The van der Waals surface area contributed by atoms with Crippen LogP contribution in [0.25, 0.3) is 5.82 Å². The number of pyridine rings is 1. The van der Waals surface area contributed by atoms with Crippen molar-refractivity contribution in [3.8, 4) is 5.82 Å². The maximum Gasteiger partial charge on any atom is 0.433 e. The summed E-state index contributed by atoms with van der Waals surface area (Å²) >= 11 is 3.18. The average molecular weight is 432 g/mol. The first kappa shape index (κ1) is 18.4. The molecule has 1 aliphatic heterocycles. The van der Waals surface area contributed by atoms with Gasteiger partial charge in [-0.1, -0.05) is 0 Å². The van der Waals surface area contributed by atoms with Gasteiger partial charge in [-0.25, -0.2) is 9.67 Å². The highest BCUT2D eigenvalue weighted by Crippen LogP contribution is 2.33. The Labute approximate surface area is 154 Å². The highest BCUT2D eigenvalue weighted by atomic mass is 79.9. The number of hydrogen-bond donors (Lipinski definition) is 0. The fourth-order valence-electron chi connectivity index (χ4n) is 2.42. The Morgan fingerprint density at radius 1 is 1.31 bits per heavy atom. The van der Waals surface area contributed by atoms with E-state index >= 15 is 0 Å². The number of hydrogen-bond acceptors (Lipinski definition) is 5. The van der Waals surface area contributed by atoms with E-state index in [2.05, 4.69) is 31.1 Å². The summed E-state index contributed by atoms with van der Waals surface area (Å²) in [5.74, 6) is -0.602. The molecule has 1 amide bonds. The summed E-state index contributed by atoms with van der Waals surface area (Å²) in [5, 5.41) is 8.95. The predicted molar refractivity (Wildman–Crippen MR) is 88.3 cm³/mol. The van der Waals surface area contributed by atoms with Gasteiger partial charge < -0.3 is 4.74 Å². The van der Waals surface area contributed by atoms with Crippen LogP contribution in [0.1, 0.15) is 32.2 Å². The molecule has 0 radical (unpaired) electrons. The van der Waals surface area contributed by atoms with Gasteiger partial charge in [0.05, 0.1) is 0 Å². The molecule has 26 heavy (non-hydrogen) atoms. The minimum absolute atomic E-state index is 0.0203. The molecule has 0 spiro atoms. The number of carbonyl (C=O) groups is 1. The monoisotopic (exact) mass is 431 g/mol. The summed E-state index contributed by atoms with van der Waals surface area (Å²) < 4.78 is 47.1. The highest BCUT2D eigenvalue weighted by Gasteiger charge is 2.42. The summed E-state index contributed by atoms with van der Waals surface area (Å²) in [6.07, 6.45) is -3.31. The molecule has 138 valence electrons. The lowest BCUT2D eigenvalue weighted by molar-refractivity contribution is -0.143. The van der Waals surface area contributed by atoms with Crippen molar-refractivity contribution in [2.24, 2.45) is 5.10 Å². The van der Waals surface area contributed by atoms with Crippen LogP contribution in [0, 0.1) is 0 Å². The van der Waals surface area contributed by atoms with E-state index in [0.29, 0.717) is 9.15 Å². The average Bonchev–Trinajstić information content (AvgIpc) is 3.08. The van der Waals surface area contributed by atoms with E-state index in [1.807, 2.05) is 0 Å². The van der Waals surface area contributed by atoms with Crippen LogP contribution in [0.4, 0.5) is 13.2 Å². The van der Waals surface area contributed by atoms with E-state index in [1.165, 1.54) is 19.2 Å². The van der Waals surface area contributed by atoms with Crippen molar-refractivity contribution in [2.45, 2.75) is 32.7 Å². The van der Waals surface area contributed by atoms with Crippen molar-refractivity contribution in [1.29, 1.82) is 0 Å². The second-order valence-electron chi connectivity index (χ2n) is 5.94. The SMILES string of the molecule is CC(=O)N1N=C(c2cc(C(F)(F)F)n(-c3ccc(Br)cn3)n2)OC1(C)C. The second kappa shape index (κ2) is 6.08. The molecule has 0 bridgehead atoms. The number of rotatable bonds is 2. The van der Waals surface area contributed by atoms with Gasteiger partial charge in [-0.3, -0.25) is 4.79 Å². The van der Waals surface area contributed by atoms with Gasteiger partial charge in [-0.15, -0.1) is 5.10 Å². The largest absolute Gasteiger partial charge is 0.447 e. The number of carbonyl (C=O) groups excluding carboxylic acids is 1. The van der Waals surface area contributed by atoms with E-state index in [1.54, 1.807) is 19.9 Å². The Bertz CT molecular complexity index is 890. The normalized spacial score (nSPS) is 16.4. The van der Waals surface area contributed by atoms with Crippen LogP contribution < -0.4 is 0 Å². The molecule has 0 saturated heterocycles. The lowest BCUT2D eigenvalue weighted by atomic mass is 10.3. The molecule has 0 aliphatic carbocycles. The molecule has 0 N–H and O–H groups in total. The minimum Gasteiger partial charge on any atom is -0.447 e. The van der Waals surface area contributed by atoms with Crippen molar-refractivity contribution < 1.29 is 22.7 Å². The molecule has 2 aromatic rings. The zero-order valence-electron chi connectivity index (χ0n) is 13.9. The van der Waals surface area contributed by atoms with Crippen LogP contribution in [0.5, 0.6) is 0 Å². The number of alkyl halides is 3. The maximum atomic E-state index is 13.4. The molecule has 0 atom stereocenters. The molecule has 0 fully saturated rings. The fourth-order valence-corrected chi connectivity index (χ4v) is 2.65. The minimum atomic E-state index is -4.67. The van der Waals surface area contributed by atoms with E-state index in [-0.39, 0.29) is 17.4 Å². The maximum absolute atomic E-state index is 13.4. The summed E-state index contributed by atoms with van der Waals surface area (Å²) in [4.78, 5) is 15.6. The van der Waals surface area contributed by atoms with Gasteiger partial charge in [-0.05, 0) is 41.9 Å². The Kier molecular flexibility index (Phi) is 4.29. The van der Waals surface area contributed by atoms with Crippen molar-refractivity contribution in [2.75, 3.05) is 0 Å². The fraction of sp³-hybridized carbons (Fsp3) is 0.333. The number of halogens is 4. The number of nitrogens with zero attached hydrogens (tertiary/aromatic N) is 5. The Morgan fingerprint density at radius 2 is 2.00 bits per heavy atom. The van der Waals surface area contributed by atoms with Gasteiger partial charge in [0, 0.05) is 23.7 Å². The summed E-state index contributed by atoms with van der Waals surface area (Å²) in [7, 11) is 0. The summed E-state index contributed by atoms with van der Waals surface area (Å²) in [6.45, 7) is 4.43. The van der Waals surface area contributed by atoms with Gasteiger partial charge in [0.1, 0.15) is 5.69 Å². The molecule has 3 rings (SSSR count). The second-order valence-corrected chi connectivity index (χ2v) is 6.86. The smallest absolute Gasteiger partial charge is 0.433 e. The molecule has 0 unspecified atom stereocenters. The molecular formula is C15H13BrF3N5O2. The Balaban J connectivity index is 2.09. The van der Waals surface area contributed by atoms with E-state index in [9.17, 15) is 18.0 Å². The quantitative estimate of drug-likeness (QED) is 0.730.